The van der Waals surface area contributed by atoms with E-state index in [0.717, 1.165) is 11.2 Å². The summed E-state index contributed by atoms with van der Waals surface area (Å²) in [5, 5.41) is 0. The number of rotatable bonds is 8. The fourth-order valence-corrected chi connectivity index (χ4v) is 2.95. The monoisotopic (exact) mass is 369 g/mol. The molecule has 0 atom stereocenters. The molecule has 0 unspecified atom stereocenters. The summed E-state index contributed by atoms with van der Waals surface area (Å²) in [6, 6.07) is 7.60. The smallest absolute Gasteiger partial charge is 0.494 e. The van der Waals surface area contributed by atoms with Crippen LogP contribution in [0.3, 0.4) is 0 Å². The van der Waals surface area contributed by atoms with E-state index < -0.39 is 10.0 Å². The van der Waals surface area contributed by atoms with Crippen LogP contribution in [-0.4, -0.2) is 45.6 Å². The molecule has 1 aliphatic rings. The van der Waals surface area contributed by atoms with Gasteiger partial charge in [-0.1, -0.05) is 12.1 Å². The highest BCUT2D eigenvalue weighted by molar-refractivity contribution is 7.89. The highest BCUT2D eigenvalue weighted by Crippen LogP contribution is 2.36. The molecule has 25 heavy (non-hydrogen) atoms. The van der Waals surface area contributed by atoms with Gasteiger partial charge in [0.2, 0.25) is 10.0 Å². The van der Waals surface area contributed by atoms with Gasteiger partial charge in [0, 0.05) is 6.54 Å². The van der Waals surface area contributed by atoms with E-state index in [-0.39, 0.29) is 24.1 Å². The molecule has 0 radical (unpaired) electrons. The van der Waals surface area contributed by atoms with Crippen LogP contribution in [0, 0.1) is 0 Å². The standard InChI is InChI=1S/C17H28BNO5S/c1-6-25(20,21)19-12-7-13-22-15-10-8-14(9-11-15)18-23-16(2,3)17(4,5)24-18/h8-11,19H,6-7,12-13H2,1-5H3. The van der Waals surface area contributed by atoms with Gasteiger partial charge in [-0.25, -0.2) is 13.1 Å². The summed E-state index contributed by atoms with van der Waals surface area (Å²) in [5.41, 5.74) is 0.221. The lowest BCUT2D eigenvalue weighted by Gasteiger charge is -2.32. The van der Waals surface area contributed by atoms with Gasteiger partial charge in [-0.3, -0.25) is 0 Å². The quantitative estimate of drug-likeness (QED) is 0.558. The summed E-state index contributed by atoms with van der Waals surface area (Å²) in [5.74, 6) is 0.826. The molecule has 1 N–H and O–H groups in total. The largest absolute Gasteiger partial charge is 0.494 e. The molecule has 1 saturated heterocycles. The van der Waals surface area contributed by atoms with E-state index in [2.05, 4.69) is 4.72 Å². The number of nitrogens with one attached hydrogen (secondary N) is 1. The molecule has 0 bridgehead atoms. The van der Waals surface area contributed by atoms with Crippen LogP contribution in [0.2, 0.25) is 0 Å². The maximum absolute atomic E-state index is 11.3. The van der Waals surface area contributed by atoms with Crippen LogP contribution >= 0.6 is 0 Å². The van der Waals surface area contributed by atoms with E-state index in [9.17, 15) is 8.42 Å². The molecule has 140 valence electrons. The summed E-state index contributed by atoms with van der Waals surface area (Å²) in [6.07, 6.45) is 0.609. The van der Waals surface area contributed by atoms with Crippen LogP contribution in [0.25, 0.3) is 0 Å². The Morgan fingerprint density at radius 2 is 1.64 bits per heavy atom. The van der Waals surface area contributed by atoms with Gasteiger partial charge in [-0.05, 0) is 58.6 Å². The maximum atomic E-state index is 11.3. The molecule has 1 heterocycles. The van der Waals surface area contributed by atoms with E-state index in [1.54, 1.807) is 6.92 Å². The topological polar surface area (TPSA) is 73.9 Å². The van der Waals surface area contributed by atoms with Crippen LogP contribution < -0.4 is 14.9 Å². The predicted molar refractivity (Wildman–Crippen MR) is 99.7 cm³/mol. The van der Waals surface area contributed by atoms with Gasteiger partial charge in [-0.15, -0.1) is 0 Å². The molecular weight excluding hydrogens is 341 g/mol. The lowest BCUT2D eigenvalue weighted by Crippen LogP contribution is -2.41. The van der Waals surface area contributed by atoms with Crippen LogP contribution in [0.4, 0.5) is 0 Å². The zero-order valence-corrected chi connectivity index (χ0v) is 16.5. The zero-order valence-electron chi connectivity index (χ0n) is 15.7. The number of benzene rings is 1. The van der Waals surface area contributed by atoms with E-state index in [1.165, 1.54) is 0 Å². The van der Waals surface area contributed by atoms with Crippen LogP contribution in [-0.2, 0) is 19.3 Å². The van der Waals surface area contributed by atoms with Gasteiger partial charge in [0.15, 0.2) is 0 Å². The third-order valence-electron chi connectivity index (χ3n) is 4.70. The average molecular weight is 369 g/mol. The van der Waals surface area contributed by atoms with Crippen molar-refractivity contribution in [3.63, 3.8) is 0 Å². The molecule has 0 saturated carbocycles. The van der Waals surface area contributed by atoms with Crippen LogP contribution in [0.1, 0.15) is 41.0 Å². The second kappa shape index (κ2) is 7.66. The Morgan fingerprint density at radius 1 is 1.08 bits per heavy atom. The zero-order chi connectivity index (χ0) is 18.7. The van der Waals surface area contributed by atoms with Gasteiger partial charge in [0.05, 0.1) is 23.6 Å². The first-order valence-electron chi connectivity index (χ1n) is 8.62. The Hall–Kier alpha value is -1.09. The third kappa shape index (κ3) is 5.20. The molecule has 0 amide bonds. The van der Waals surface area contributed by atoms with Gasteiger partial charge in [-0.2, -0.15) is 0 Å². The molecule has 0 spiro atoms. The summed E-state index contributed by atoms with van der Waals surface area (Å²) < 4.78 is 42.8. The molecule has 1 fully saturated rings. The Kier molecular flexibility index (Phi) is 6.19. The van der Waals surface area contributed by atoms with Crippen molar-refractivity contribution in [3.8, 4) is 5.75 Å². The Morgan fingerprint density at radius 3 is 2.16 bits per heavy atom. The molecule has 0 aromatic heterocycles. The molecule has 1 aromatic rings. The third-order valence-corrected chi connectivity index (χ3v) is 6.10. The molecule has 8 heteroatoms. The fourth-order valence-electron chi connectivity index (χ4n) is 2.29. The first-order valence-corrected chi connectivity index (χ1v) is 10.3. The summed E-state index contributed by atoms with van der Waals surface area (Å²) >= 11 is 0. The minimum absolute atomic E-state index is 0.0915. The van der Waals surface area contributed by atoms with E-state index in [1.807, 2.05) is 52.0 Å². The minimum atomic E-state index is -3.13. The van der Waals surface area contributed by atoms with Crippen molar-refractivity contribution in [1.82, 2.24) is 4.72 Å². The Bertz CT molecular complexity index is 657. The van der Waals surface area contributed by atoms with Gasteiger partial charge < -0.3 is 14.0 Å². The number of sulfonamides is 1. The van der Waals surface area contributed by atoms with Crippen molar-refractivity contribution in [2.75, 3.05) is 18.9 Å². The Balaban J connectivity index is 1.81. The average Bonchev–Trinajstić information content (AvgIpc) is 2.75. The minimum Gasteiger partial charge on any atom is -0.494 e. The summed E-state index contributed by atoms with van der Waals surface area (Å²) in [7, 11) is -3.52. The lowest BCUT2D eigenvalue weighted by atomic mass is 9.79. The molecule has 2 rings (SSSR count). The van der Waals surface area contributed by atoms with E-state index >= 15 is 0 Å². The van der Waals surface area contributed by atoms with Crippen molar-refractivity contribution in [1.29, 1.82) is 0 Å². The second-order valence-corrected chi connectivity index (χ2v) is 9.25. The SMILES string of the molecule is CCS(=O)(=O)NCCCOc1ccc(B2OC(C)(C)C(C)(C)O2)cc1. The first-order chi connectivity index (χ1) is 11.6. The molecule has 1 aromatic carbocycles. The summed E-state index contributed by atoms with van der Waals surface area (Å²) in [6.45, 7) is 10.5. The second-order valence-electron chi connectivity index (χ2n) is 7.16. The van der Waals surface area contributed by atoms with Gasteiger partial charge >= 0.3 is 7.12 Å². The number of hydrogen-bond acceptors (Lipinski definition) is 5. The van der Waals surface area contributed by atoms with Crippen molar-refractivity contribution in [3.05, 3.63) is 24.3 Å². The highest BCUT2D eigenvalue weighted by atomic mass is 32.2. The van der Waals surface area contributed by atoms with Gasteiger partial charge in [0.25, 0.3) is 0 Å². The number of hydrogen-bond donors (Lipinski definition) is 1. The number of ether oxygens (including phenoxy) is 1. The van der Waals surface area contributed by atoms with Gasteiger partial charge in [0.1, 0.15) is 5.75 Å². The van der Waals surface area contributed by atoms with E-state index in [4.69, 9.17) is 14.0 Å². The van der Waals surface area contributed by atoms with Crippen molar-refractivity contribution in [2.45, 2.75) is 52.2 Å². The normalized spacial score (nSPS) is 19.2. The molecular formula is C17H28BNO5S. The van der Waals surface area contributed by atoms with Crippen molar-refractivity contribution < 1.29 is 22.5 Å². The summed E-state index contributed by atoms with van der Waals surface area (Å²) in [4.78, 5) is 0. The predicted octanol–water partition coefficient (Wildman–Crippen LogP) is 1.69. The van der Waals surface area contributed by atoms with Crippen molar-refractivity contribution >= 4 is 22.6 Å². The van der Waals surface area contributed by atoms with Crippen LogP contribution in [0.5, 0.6) is 5.75 Å². The van der Waals surface area contributed by atoms with E-state index in [0.29, 0.717) is 19.6 Å². The lowest BCUT2D eigenvalue weighted by molar-refractivity contribution is 0.00578. The molecule has 1 aliphatic heterocycles. The van der Waals surface area contributed by atoms with Crippen molar-refractivity contribution in [2.24, 2.45) is 0 Å². The molecule has 6 nitrogen and oxygen atoms in total. The Labute approximate surface area is 151 Å². The molecule has 0 aliphatic carbocycles. The highest BCUT2D eigenvalue weighted by Gasteiger charge is 2.51. The first kappa shape index (κ1) is 20.2. The maximum Gasteiger partial charge on any atom is 0.494 e. The van der Waals surface area contributed by atoms with Crippen LogP contribution in [0.15, 0.2) is 24.3 Å². The fraction of sp³-hybridized carbons (Fsp3) is 0.647.